The van der Waals surface area contributed by atoms with Crippen molar-refractivity contribution in [1.82, 2.24) is 4.98 Å². The van der Waals surface area contributed by atoms with Crippen LogP contribution in [0.15, 0.2) is 18.3 Å². The minimum absolute atomic E-state index is 0.0699. The van der Waals surface area contributed by atoms with Crippen LogP contribution in [0.3, 0.4) is 0 Å². The van der Waals surface area contributed by atoms with Crippen molar-refractivity contribution in [2.75, 3.05) is 6.61 Å². The van der Waals surface area contributed by atoms with Crippen LogP contribution in [0.2, 0.25) is 0 Å². The van der Waals surface area contributed by atoms with Gasteiger partial charge in [-0.25, -0.2) is 0 Å². The maximum Gasteiger partial charge on any atom is 0.0651 e. The van der Waals surface area contributed by atoms with Crippen LogP contribution in [0.4, 0.5) is 0 Å². The maximum absolute atomic E-state index is 9.02. The predicted molar refractivity (Wildman–Crippen MR) is 47.6 cm³/mol. The van der Waals surface area contributed by atoms with Gasteiger partial charge in [0.15, 0.2) is 0 Å². The lowest BCUT2D eigenvalue weighted by molar-refractivity contribution is 0.209. The van der Waals surface area contributed by atoms with Crippen LogP contribution in [-0.2, 0) is 5.54 Å². The molecule has 1 rings (SSSR count). The fourth-order valence-corrected chi connectivity index (χ4v) is 1.17. The Bertz CT molecular complexity index is 271. The van der Waals surface area contributed by atoms with Gasteiger partial charge in [-0.2, -0.15) is 0 Å². The summed E-state index contributed by atoms with van der Waals surface area (Å²) in [6, 6.07) is 3.71. The van der Waals surface area contributed by atoms with E-state index in [1.54, 1.807) is 13.1 Å². The number of rotatable bonds is 2. The zero-order chi connectivity index (χ0) is 9.19. The number of aromatic nitrogens is 1. The van der Waals surface area contributed by atoms with Crippen molar-refractivity contribution in [3.05, 3.63) is 29.6 Å². The van der Waals surface area contributed by atoms with E-state index in [0.717, 1.165) is 11.3 Å². The topological polar surface area (TPSA) is 59.1 Å². The number of hydrogen-bond acceptors (Lipinski definition) is 3. The zero-order valence-corrected chi connectivity index (χ0v) is 7.41. The minimum Gasteiger partial charge on any atom is -0.394 e. The molecular formula is C9H14N2O. The van der Waals surface area contributed by atoms with E-state index in [1.165, 1.54) is 0 Å². The Labute approximate surface area is 72.2 Å². The van der Waals surface area contributed by atoms with E-state index in [-0.39, 0.29) is 6.61 Å². The molecular weight excluding hydrogens is 152 g/mol. The third kappa shape index (κ3) is 1.62. The number of nitrogens with two attached hydrogens (primary N) is 1. The van der Waals surface area contributed by atoms with Gasteiger partial charge in [0, 0.05) is 11.9 Å². The number of aliphatic hydroxyl groups excluding tert-OH is 1. The van der Waals surface area contributed by atoms with Crippen LogP contribution < -0.4 is 5.73 Å². The van der Waals surface area contributed by atoms with Crippen molar-refractivity contribution in [3.8, 4) is 0 Å². The van der Waals surface area contributed by atoms with Gasteiger partial charge < -0.3 is 10.8 Å². The number of hydrogen-bond donors (Lipinski definition) is 2. The van der Waals surface area contributed by atoms with Gasteiger partial charge in [-0.05, 0) is 25.5 Å². The fourth-order valence-electron chi connectivity index (χ4n) is 1.17. The van der Waals surface area contributed by atoms with Crippen molar-refractivity contribution < 1.29 is 5.11 Å². The van der Waals surface area contributed by atoms with Gasteiger partial charge >= 0.3 is 0 Å². The summed E-state index contributed by atoms with van der Waals surface area (Å²) in [5.74, 6) is 0. The third-order valence-corrected chi connectivity index (χ3v) is 1.95. The second-order valence-electron chi connectivity index (χ2n) is 3.21. The first-order valence-electron chi connectivity index (χ1n) is 3.90. The quantitative estimate of drug-likeness (QED) is 0.674. The molecule has 0 saturated heterocycles. The molecule has 0 aromatic carbocycles. The zero-order valence-electron chi connectivity index (χ0n) is 7.41. The average molecular weight is 166 g/mol. The Balaban J connectivity index is 3.10. The Kier molecular flexibility index (Phi) is 2.45. The first kappa shape index (κ1) is 9.16. The summed E-state index contributed by atoms with van der Waals surface area (Å²) < 4.78 is 0. The monoisotopic (exact) mass is 166 g/mol. The number of pyridine rings is 1. The van der Waals surface area contributed by atoms with E-state index in [1.807, 2.05) is 19.1 Å². The van der Waals surface area contributed by atoms with E-state index in [2.05, 4.69) is 4.98 Å². The maximum atomic E-state index is 9.02. The Morgan fingerprint density at radius 2 is 2.33 bits per heavy atom. The molecule has 0 unspecified atom stereocenters. The number of aliphatic hydroxyl groups is 1. The lowest BCUT2D eigenvalue weighted by Gasteiger charge is -2.23. The van der Waals surface area contributed by atoms with Gasteiger partial charge in [-0.15, -0.1) is 0 Å². The molecule has 0 amide bonds. The largest absolute Gasteiger partial charge is 0.394 e. The summed E-state index contributed by atoms with van der Waals surface area (Å²) >= 11 is 0. The molecule has 1 aromatic heterocycles. The van der Waals surface area contributed by atoms with E-state index in [4.69, 9.17) is 10.8 Å². The summed E-state index contributed by atoms with van der Waals surface area (Å²) in [7, 11) is 0. The second-order valence-corrected chi connectivity index (χ2v) is 3.21. The van der Waals surface area contributed by atoms with E-state index < -0.39 is 5.54 Å². The summed E-state index contributed by atoms with van der Waals surface area (Å²) in [5, 5.41) is 9.02. The molecule has 1 aromatic rings. The van der Waals surface area contributed by atoms with Crippen LogP contribution in [-0.4, -0.2) is 16.7 Å². The molecule has 0 saturated carbocycles. The minimum atomic E-state index is -0.682. The highest BCUT2D eigenvalue weighted by molar-refractivity contribution is 5.26. The Hall–Kier alpha value is -0.930. The van der Waals surface area contributed by atoms with E-state index >= 15 is 0 Å². The molecule has 12 heavy (non-hydrogen) atoms. The lowest BCUT2D eigenvalue weighted by Crippen LogP contribution is -2.37. The molecule has 0 radical (unpaired) electrons. The summed E-state index contributed by atoms with van der Waals surface area (Å²) in [6.07, 6.45) is 1.71. The number of aryl methyl sites for hydroxylation is 1. The molecule has 3 N–H and O–H groups in total. The predicted octanol–water partition coefficient (Wildman–Crippen LogP) is 0.556. The normalized spacial score (nSPS) is 15.7. The highest BCUT2D eigenvalue weighted by atomic mass is 16.3. The summed E-state index contributed by atoms with van der Waals surface area (Å²) in [5.41, 5.74) is 6.93. The number of nitrogens with zero attached hydrogens (tertiary/aromatic N) is 1. The third-order valence-electron chi connectivity index (χ3n) is 1.95. The van der Waals surface area contributed by atoms with E-state index in [9.17, 15) is 0 Å². The van der Waals surface area contributed by atoms with Crippen LogP contribution in [0, 0.1) is 6.92 Å². The first-order valence-corrected chi connectivity index (χ1v) is 3.90. The molecule has 66 valence electrons. The summed E-state index contributed by atoms with van der Waals surface area (Å²) in [6.45, 7) is 3.60. The van der Waals surface area contributed by atoms with Crippen molar-refractivity contribution in [3.63, 3.8) is 0 Å². The Morgan fingerprint density at radius 1 is 1.67 bits per heavy atom. The van der Waals surface area contributed by atoms with E-state index in [0.29, 0.717) is 0 Å². The molecule has 0 aliphatic heterocycles. The standard InChI is InChI=1S/C9H14N2O/c1-7-8(4-3-5-11-7)9(2,10)6-12/h3-5,12H,6,10H2,1-2H3/t9-/m0/s1. The molecule has 0 fully saturated rings. The smallest absolute Gasteiger partial charge is 0.0651 e. The van der Waals surface area contributed by atoms with Gasteiger partial charge in [0.2, 0.25) is 0 Å². The molecule has 3 heteroatoms. The van der Waals surface area contributed by atoms with Gasteiger partial charge in [-0.3, -0.25) is 4.98 Å². The molecule has 0 aliphatic rings. The van der Waals surface area contributed by atoms with Gasteiger partial charge in [-0.1, -0.05) is 6.07 Å². The second kappa shape index (κ2) is 3.21. The van der Waals surface area contributed by atoms with Gasteiger partial charge in [0.25, 0.3) is 0 Å². The highest BCUT2D eigenvalue weighted by Crippen LogP contribution is 2.18. The van der Waals surface area contributed by atoms with Crippen LogP contribution in [0.25, 0.3) is 0 Å². The molecule has 0 spiro atoms. The van der Waals surface area contributed by atoms with Crippen molar-refractivity contribution in [1.29, 1.82) is 0 Å². The first-order chi connectivity index (χ1) is 5.58. The SMILES string of the molecule is Cc1ncccc1[C@@](C)(N)CO. The van der Waals surface area contributed by atoms with Crippen molar-refractivity contribution in [2.45, 2.75) is 19.4 Å². The molecule has 3 nitrogen and oxygen atoms in total. The summed E-state index contributed by atoms with van der Waals surface area (Å²) in [4.78, 5) is 4.10. The molecule has 1 atom stereocenters. The van der Waals surface area contributed by atoms with Crippen LogP contribution in [0.5, 0.6) is 0 Å². The Morgan fingerprint density at radius 3 is 2.83 bits per heavy atom. The van der Waals surface area contributed by atoms with Crippen LogP contribution >= 0.6 is 0 Å². The van der Waals surface area contributed by atoms with Crippen molar-refractivity contribution in [2.24, 2.45) is 5.73 Å². The van der Waals surface area contributed by atoms with Crippen LogP contribution in [0.1, 0.15) is 18.2 Å². The van der Waals surface area contributed by atoms with Crippen molar-refractivity contribution >= 4 is 0 Å². The molecule has 0 aliphatic carbocycles. The molecule has 1 heterocycles. The lowest BCUT2D eigenvalue weighted by atomic mass is 9.93. The van der Waals surface area contributed by atoms with Gasteiger partial charge in [0.1, 0.15) is 0 Å². The highest BCUT2D eigenvalue weighted by Gasteiger charge is 2.21. The fraction of sp³-hybridized carbons (Fsp3) is 0.444. The molecule has 0 bridgehead atoms. The average Bonchev–Trinajstić information content (AvgIpc) is 2.05. The van der Waals surface area contributed by atoms with Gasteiger partial charge in [0.05, 0.1) is 12.1 Å².